The number of carbonyl (C=O) groups excluding carboxylic acids is 1. The van der Waals surface area contributed by atoms with Crippen LogP contribution >= 0.6 is 23.2 Å². The summed E-state index contributed by atoms with van der Waals surface area (Å²) in [6.45, 7) is 3.86. The molecule has 2 rings (SSSR count). The fourth-order valence-corrected chi connectivity index (χ4v) is 2.57. The molecule has 0 unspecified atom stereocenters. The number of β-amino-alcohol motifs (C(OH)–C–C–N with tert-alkyl or cyclic N) is 1. The zero-order valence-corrected chi connectivity index (χ0v) is 12.8. The van der Waals surface area contributed by atoms with E-state index in [4.69, 9.17) is 23.2 Å². The number of anilines is 1. The quantitative estimate of drug-likeness (QED) is 0.878. The van der Waals surface area contributed by atoms with Gasteiger partial charge in [-0.25, -0.2) is 0 Å². The Balaban J connectivity index is 1.78. The molecule has 0 saturated carbocycles. The fraction of sp³-hybridized carbons (Fsp3) is 0.500. The summed E-state index contributed by atoms with van der Waals surface area (Å²) >= 11 is 11.8. The number of aliphatic hydroxyl groups is 1. The SMILES string of the molecule is CCC1(O)CN(CCC(=O)Nc2cc(Cl)ccc2Cl)C1. The second-order valence-electron chi connectivity index (χ2n) is 5.21. The summed E-state index contributed by atoms with van der Waals surface area (Å²) in [5.41, 5.74) is -0.0370. The number of halogens is 2. The zero-order chi connectivity index (χ0) is 14.8. The summed E-state index contributed by atoms with van der Waals surface area (Å²) in [7, 11) is 0. The number of likely N-dealkylation sites (tertiary alicyclic amines) is 1. The topological polar surface area (TPSA) is 52.6 Å². The highest BCUT2D eigenvalue weighted by molar-refractivity contribution is 6.35. The van der Waals surface area contributed by atoms with E-state index in [9.17, 15) is 9.90 Å². The van der Waals surface area contributed by atoms with Gasteiger partial charge in [-0.3, -0.25) is 9.69 Å². The molecule has 0 spiro atoms. The number of carbonyl (C=O) groups is 1. The summed E-state index contributed by atoms with van der Waals surface area (Å²) in [5.74, 6) is -0.110. The molecule has 0 aromatic heterocycles. The Morgan fingerprint density at radius 1 is 1.45 bits per heavy atom. The molecule has 0 radical (unpaired) electrons. The predicted molar refractivity (Wildman–Crippen MR) is 81.4 cm³/mol. The molecule has 1 fully saturated rings. The minimum absolute atomic E-state index is 0.110. The van der Waals surface area contributed by atoms with Crippen LogP contribution < -0.4 is 5.32 Å². The van der Waals surface area contributed by atoms with Crippen molar-refractivity contribution in [1.82, 2.24) is 4.90 Å². The Morgan fingerprint density at radius 2 is 2.15 bits per heavy atom. The van der Waals surface area contributed by atoms with Crippen molar-refractivity contribution in [3.8, 4) is 0 Å². The first-order chi connectivity index (χ1) is 9.42. The van der Waals surface area contributed by atoms with Gasteiger partial charge in [0.15, 0.2) is 0 Å². The lowest BCUT2D eigenvalue weighted by Crippen LogP contribution is -2.61. The third-order valence-electron chi connectivity index (χ3n) is 3.55. The minimum atomic E-state index is -0.563. The maximum atomic E-state index is 11.8. The first-order valence-electron chi connectivity index (χ1n) is 6.61. The summed E-state index contributed by atoms with van der Waals surface area (Å²) in [5, 5.41) is 13.6. The van der Waals surface area contributed by atoms with Gasteiger partial charge in [0.1, 0.15) is 0 Å². The summed E-state index contributed by atoms with van der Waals surface area (Å²) in [4.78, 5) is 13.9. The maximum Gasteiger partial charge on any atom is 0.225 e. The van der Waals surface area contributed by atoms with Crippen LogP contribution in [-0.2, 0) is 4.79 Å². The lowest BCUT2D eigenvalue weighted by atomic mass is 9.91. The average molecular weight is 317 g/mol. The summed E-state index contributed by atoms with van der Waals surface area (Å²) < 4.78 is 0. The molecule has 20 heavy (non-hydrogen) atoms. The van der Waals surface area contributed by atoms with E-state index in [2.05, 4.69) is 10.2 Å². The molecule has 0 aliphatic carbocycles. The molecule has 6 heteroatoms. The average Bonchev–Trinajstić information content (AvgIpc) is 2.37. The molecule has 1 aliphatic heterocycles. The van der Waals surface area contributed by atoms with E-state index >= 15 is 0 Å². The molecule has 4 nitrogen and oxygen atoms in total. The first-order valence-corrected chi connectivity index (χ1v) is 7.37. The van der Waals surface area contributed by atoms with Crippen molar-refractivity contribution in [2.24, 2.45) is 0 Å². The second kappa shape index (κ2) is 6.31. The van der Waals surface area contributed by atoms with E-state index < -0.39 is 5.60 Å². The van der Waals surface area contributed by atoms with E-state index in [1.54, 1.807) is 18.2 Å². The molecule has 1 heterocycles. The molecule has 0 bridgehead atoms. The third-order valence-corrected chi connectivity index (χ3v) is 4.12. The van der Waals surface area contributed by atoms with Crippen molar-refractivity contribution >= 4 is 34.8 Å². The van der Waals surface area contributed by atoms with Gasteiger partial charge in [-0.15, -0.1) is 0 Å². The smallest absolute Gasteiger partial charge is 0.225 e. The lowest BCUT2D eigenvalue weighted by molar-refractivity contribution is -0.121. The molecular formula is C14H18Cl2N2O2. The molecule has 1 aliphatic rings. The van der Waals surface area contributed by atoms with Gasteiger partial charge >= 0.3 is 0 Å². The Kier molecular flexibility index (Phi) is 4.91. The highest BCUT2D eigenvalue weighted by Gasteiger charge is 2.38. The van der Waals surface area contributed by atoms with E-state index in [1.807, 2.05) is 6.92 Å². The van der Waals surface area contributed by atoms with Crippen molar-refractivity contribution in [3.63, 3.8) is 0 Å². The number of amides is 1. The molecule has 1 saturated heterocycles. The van der Waals surface area contributed by atoms with Crippen LogP contribution in [0.1, 0.15) is 19.8 Å². The fourth-order valence-electron chi connectivity index (χ4n) is 2.23. The van der Waals surface area contributed by atoms with Crippen molar-refractivity contribution < 1.29 is 9.90 Å². The monoisotopic (exact) mass is 316 g/mol. The number of rotatable bonds is 5. The Labute approximate surface area is 128 Å². The molecule has 0 atom stereocenters. The van der Waals surface area contributed by atoms with Crippen molar-refractivity contribution in [2.45, 2.75) is 25.4 Å². The largest absolute Gasteiger partial charge is 0.387 e. The Hall–Kier alpha value is -0.810. The second-order valence-corrected chi connectivity index (χ2v) is 6.05. The molecule has 1 amide bonds. The molecule has 2 N–H and O–H groups in total. The predicted octanol–water partition coefficient (Wildman–Crippen LogP) is 2.78. The summed E-state index contributed by atoms with van der Waals surface area (Å²) in [6.07, 6.45) is 1.11. The number of benzene rings is 1. The Bertz CT molecular complexity index is 502. The van der Waals surface area contributed by atoms with E-state index in [-0.39, 0.29) is 5.91 Å². The van der Waals surface area contributed by atoms with Gasteiger partial charge in [-0.2, -0.15) is 0 Å². The van der Waals surface area contributed by atoms with Gasteiger partial charge in [0.05, 0.1) is 16.3 Å². The molecule has 1 aromatic rings. The minimum Gasteiger partial charge on any atom is -0.387 e. The first kappa shape index (κ1) is 15.6. The van der Waals surface area contributed by atoms with Crippen LogP contribution in [0.4, 0.5) is 5.69 Å². The highest BCUT2D eigenvalue weighted by atomic mass is 35.5. The van der Waals surface area contributed by atoms with Crippen LogP contribution in [0.2, 0.25) is 10.0 Å². The molecule has 110 valence electrons. The van der Waals surface area contributed by atoms with Crippen LogP contribution in [0.15, 0.2) is 18.2 Å². The van der Waals surface area contributed by atoms with E-state index in [0.29, 0.717) is 41.8 Å². The van der Waals surface area contributed by atoms with Crippen LogP contribution in [0.5, 0.6) is 0 Å². The Morgan fingerprint density at radius 3 is 2.80 bits per heavy atom. The van der Waals surface area contributed by atoms with E-state index in [1.165, 1.54) is 0 Å². The standard InChI is InChI=1S/C14H18Cl2N2O2/c1-2-14(20)8-18(9-14)6-5-13(19)17-12-7-10(15)3-4-11(12)16/h3-4,7,20H,2,5-6,8-9H2,1H3,(H,17,19). The van der Waals surface area contributed by atoms with Crippen LogP contribution in [-0.4, -0.2) is 41.1 Å². The van der Waals surface area contributed by atoms with Gasteiger partial charge in [0, 0.05) is 31.1 Å². The lowest BCUT2D eigenvalue weighted by Gasteiger charge is -2.46. The number of hydrogen-bond acceptors (Lipinski definition) is 3. The van der Waals surface area contributed by atoms with Gasteiger partial charge in [0.25, 0.3) is 0 Å². The number of nitrogens with one attached hydrogen (secondary N) is 1. The third kappa shape index (κ3) is 3.85. The van der Waals surface area contributed by atoms with Crippen molar-refractivity contribution in [2.75, 3.05) is 25.0 Å². The van der Waals surface area contributed by atoms with Crippen LogP contribution in [0, 0.1) is 0 Å². The van der Waals surface area contributed by atoms with Crippen molar-refractivity contribution in [1.29, 1.82) is 0 Å². The molecular weight excluding hydrogens is 299 g/mol. The molecule has 1 aromatic carbocycles. The van der Waals surface area contributed by atoms with Gasteiger partial charge in [-0.1, -0.05) is 30.1 Å². The van der Waals surface area contributed by atoms with Crippen LogP contribution in [0.3, 0.4) is 0 Å². The number of hydrogen-bond donors (Lipinski definition) is 2. The van der Waals surface area contributed by atoms with Gasteiger partial charge in [-0.05, 0) is 24.6 Å². The normalized spacial score (nSPS) is 17.6. The maximum absolute atomic E-state index is 11.8. The highest BCUT2D eigenvalue weighted by Crippen LogP contribution is 2.26. The van der Waals surface area contributed by atoms with Crippen LogP contribution in [0.25, 0.3) is 0 Å². The van der Waals surface area contributed by atoms with Gasteiger partial charge < -0.3 is 10.4 Å². The summed E-state index contributed by atoms with van der Waals surface area (Å²) in [6, 6.07) is 4.95. The number of nitrogens with zero attached hydrogens (tertiary/aromatic N) is 1. The van der Waals surface area contributed by atoms with Gasteiger partial charge in [0.2, 0.25) is 5.91 Å². The zero-order valence-electron chi connectivity index (χ0n) is 11.3. The van der Waals surface area contributed by atoms with Crippen molar-refractivity contribution in [3.05, 3.63) is 28.2 Å². The van der Waals surface area contributed by atoms with E-state index in [0.717, 1.165) is 6.42 Å².